The van der Waals surface area contributed by atoms with E-state index in [4.69, 9.17) is 4.42 Å². The maximum absolute atomic E-state index is 13.2. The molecule has 3 aromatic rings. The van der Waals surface area contributed by atoms with Crippen molar-refractivity contribution in [2.24, 2.45) is 7.05 Å². The Morgan fingerprint density at radius 2 is 1.84 bits per heavy atom. The van der Waals surface area contributed by atoms with E-state index in [0.717, 1.165) is 12.8 Å². The topological polar surface area (TPSA) is 72.5 Å². The molecule has 0 bridgehead atoms. The normalized spacial score (nSPS) is 11.8. The van der Waals surface area contributed by atoms with Crippen molar-refractivity contribution < 1.29 is 12.8 Å². The molecule has 0 aliphatic carbocycles. The highest BCUT2D eigenvalue weighted by molar-refractivity contribution is 7.92. The number of rotatable bonds is 6. The number of fused-ring (bicyclic) bond motifs is 1. The predicted molar refractivity (Wildman–Crippen MR) is 97.3 cm³/mol. The summed E-state index contributed by atoms with van der Waals surface area (Å²) in [5, 5.41) is 0. The number of hydrogen-bond acceptors (Lipinski definition) is 4. The minimum absolute atomic E-state index is 0.106. The molecule has 132 valence electrons. The molecule has 0 saturated heterocycles. The van der Waals surface area contributed by atoms with E-state index in [0.29, 0.717) is 17.7 Å². The Hall–Kier alpha value is -2.54. The summed E-state index contributed by atoms with van der Waals surface area (Å²) in [6.07, 6.45) is 1.63. The number of aromatic nitrogens is 1. The van der Waals surface area contributed by atoms with Crippen LogP contribution in [0.25, 0.3) is 11.1 Å². The maximum Gasteiger partial charge on any atom is 0.419 e. The van der Waals surface area contributed by atoms with Crippen LogP contribution < -0.4 is 10.1 Å². The highest BCUT2D eigenvalue weighted by Gasteiger charge is 2.25. The molecule has 0 fully saturated rings. The second-order valence-corrected chi connectivity index (χ2v) is 7.69. The number of anilines is 1. The number of para-hydroxylation sites is 1. The van der Waals surface area contributed by atoms with Crippen LogP contribution >= 0.6 is 0 Å². The molecular weight excluding hydrogens is 340 g/mol. The smallest absolute Gasteiger partial charge is 0.408 e. The molecule has 0 saturated carbocycles. The first-order valence-corrected chi connectivity index (χ1v) is 9.56. The van der Waals surface area contributed by atoms with Crippen LogP contribution in [0.3, 0.4) is 0 Å². The summed E-state index contributed by atoms with van der Waals surface area (Å²) in [4.78, 5) is 11.7. The van der Waals surface area contributed by atoms with Gasteiger partial charge in [0.05, 0.1) is 16.1 Å². The van der Waals surface area contributed by atoms with Crippen molar-refractivity contribution in [1.82, 2.24) is 4.57 Å². The standard InChI is InChI=1S/C18H20N2O4S/c1-3-4-12-20(14-8-6-5-7-9-14)25(22,23)15-10-11-16-17(13-15)24-18(21)19(16)2/h5-11,13H,3-4,12H2,1-2H3. The van der Waals surface area contributed by atoms with Gasteiger partial charge in [-0.2, -0.15) is 0 Å². The average Bonchev–Trinajstić information content (AvgIpc) is 2.90. The van der Waals surface area contributed by atoms with Crippen LogP contribution in [0.4, 0.5) is 5.69 Å². The summed E-state index contributed by atoms with van der Waals surface area (Å²) in [5.74, 6) is -0.518. The molecular formula is C18H20N2O4S. The van der Waals surface area contributed by atoms with Crippen LogP contribution in [0.15, 0.2) is 62.6 Å². The van der Waals surface area contributed by atoms with Crippen molar-refractivity contribution in [2.75, 3.05) is 10.8 Å². The van der Waals surface area contributed by atoms with Crippen LogP contribution in [-0.2, 0) is 17.1 Å². The van der Waals surface area contributed by atoms with Gasteiger partial charge in [-0.1, -0.05) is 31.5 Å². The molecule has 3 rings (SSSR count). The van der Waals surface area contributed by atoms with Gasteiger partial charge in [0.25, 0.3) is 10.0 Å². The van der Waals surface area contributed by atoms with E-state index in [2.05, 4.69) is 0 Å². The minimum atomic E-state index is -3.76. The zero-order valence-electron chi connectivity index (χ0n) is 14.2. The fourth-order valence-corrected chi connectivity index (χ4v) is 4.21. The van der Waals surface area contributed by atoms with Crippen LogP contribution in [0.5, 0.6) is 0 Å². The summed E-state index contributed by atoms with van der Waals surface area (Å²) >= 11 is 0. The predicted octanol–water partition coefficient (Wildman–Crippen LogP) is 3.13. The zero-order valence-corrected chi connectivity index (χ0v) is 15.0. The van der Waals surface area contributed by atoms with Crippen molar-refractivity contribution in [2.45, 2.75) is 24.7 Å². The zero-order chi connectivity index (χ0) is 18.0. The summed E-state index contributed by atoms with van der Waals surface area (Å²) in [5.41, 5.74) is 1.44. The summed E-state index contributed by atoms with van der Waals surface area (Å²) in [6, 6.07) is 13.5. The van der Waals surface area contributed by atoms with Crippen molar-refractivity contribution in [1.29, 1.82) is 0 Å². The Kier molecular flexibility index (Phi) is 4.67. The Morgan fingerprint density at radius 1 is 1.12 bits per heavy atom. The Morgan fingerprint density at radius 3 is 2.52 bits per heavy atom. The van der Waals surface area contributed by atoms with E-state index in [1.165, 1.54) is 21.0 Å². The molecule has 1 heterocycles. The first-order chi connectivity index (χ1) is 11.9. The van der Waals surface area contributed by atoms with Gasteiger partial charge in [-0.05, 0) is 30.7 Å². The molecule has 1 aromatic heterocycles. The third kappa shape index (κ3) is 3.19. The number of sulfonamides is 1. The molecule has 0 atom stereocenters. The molecule has 2 aromatic carbocycles. The fourth-order valence-electron chi connectivity index (χ4n) is 2.69. The van der Waals surface area contributed by atoms with Crippen molar-refractivity contribution in [3.05, 3.63) is 59.1 Å². The number of nitrogens with zero attached hydrogens (tertiary/aromatic N) is 2. The first-order valence-electron chi connectivity index (χ1n) is 8.12. The summed E-state index contributed by atoms with van der Waals surface area (Å²) in [7, 11) is -2.18. The average molecular weight is 360 g/mol. The Bertz CT molecular complexity index is 1040. The van der Waals surface area contributed by atoms with E-state index in [1.54, 1.807) is 25.2 Å². The van der Waals surface area contributed by atoms with Crippen molar-refractivity contribution >= 4 is 26.8 Å². The molecule has 0 spiro atoms. The van der Waals surface area contributed by atoms with Gasteiger partial charge in [0.2, 0.25) is 0 Å². The van der Waals surface area contributed by atoms with Gasteiger partial charge < -0.3 is 4.42 Å². The van der Waals surface area contributed by atoms with Crippen LogP contribution in [0, 0.1) is 0 Å². The molecule has 6 nitrogen and oxygen atoms in total. The number of unbranched alkanes of at least 4 members (excludes halogenated alkanes) is 1. The Balaban J connectivity index is 2.09. The Labute approximate surface area is 146 Å². The third-order valence-electron chi connectivity index (χ3n) is 4.11. The van der Waals surface area contributed by atoms with Gasteiger partial charge in [0.15, 0.2) is 5.58 Å². The van der Waals surface area contributed by atoms with Gasteiger partial charge >= 0.3 is 5.76 Å². The van der Waals surface area contributed by atoms with Crippen molar-refractivity contribution in [3.8, 4) is 0 Å². The van der Waals surface area contributed by atoms with Gasteiger partial charge in [-0.25, -0.2) is 13.2 Å². The number of oxazole rings is 1. The lowest BCUT2D eigenvalue weighted by atomic mass is 10.3. The van der Waals surface area contributed by atoms with E-state index in [1.807, 2.05) is 25.1 Å². The molecule has 0 aliphatic rings. The molecule has 0 N–H and O–H groups in total. The second kappa shape index (κ2) is 6.76. The monoisotopic (exact) mass is 360 g/mol. The molecule has 0 amide bonds. The summed E-state index contributed by atoms with van der Waals surface area (Å²) < 4.78 is 34.2. The lowest BCUT2D eigenvalue weighted by Gasteiger charge is -2.24. The van der Waals surface area contributed by atoms with E-state index in [9.17, 15) is 13.2 Å². The quantitative estimate of drug-likeness (QED) is 0.677. The van der Waals surface area contributed by atoms with Crippen LogP contribution in [0.1, 0.15) is 19.8 Å². The van der Waals surface area contributed by atoms with Crippen LogP contribution in [-0.4, -0.2) is 19.5 Å². The van der Waals surface area contributed by atoms with E-state index in [-0.39, 0.29) is 10.5 Å². The van der Waals surface area contributed by atoms with Gasteiger partial charge in [-0.3, -0.25) is 8.87 Å². The molecule has 25 heavy (non-hydrogen) atoms. The van der Waals surface area contributed by atoms with Crippen LogP contribution in [0.2, 0.25) is 0 Å². The fraction of sp³-hybridized carbons (Fsp3) is 0.278. The largest absolute Gasteiger partial charge is 0.419 e. The molecule has 7 heteroatoms. The number of aryl methyl sites for hydroxylation is 1. The SMILES string of the molecule is CCCCN(c1ccccc1)S(=O)(=O)c1ccc2c(c1)oc(=O)n2C. The molecule has 0 aliphatic heterocycles. The van der Waals surface area contributed by atoms with Crippen molar-refractivity contribution in [3.63, 3.8) is 0 Å². The molecule has 0 unspecified atom stereocenters. The number of hydrogen-bond donors (Lipinski definition) is 0. The second-order valence-electron chi connectivity index (χ2n) is 5.82. The summed E-state index contributed by atoms with van der Waals surface area (Å²) in [6.45, 7) is 2.40. The highest BCUT2D eigenvalue weighted by atomic mass is 32.2. The molecule has 0 radical (unpaired) electrons. The number of benzene rings is 2. The van der Waals surface area contributed by atoms with E-state index >= 15 is 0 Å². The third-order valence-corrected chi connectivity index (χ3v) is 5.93. The lowest BCUT2D eigenvalue weighted by molar-refractivity contribution is 0.527. The van der Waals surface area contributed by atoms with E-state index < -0.39 is 15.8 Å². The van der Waals surface area contributed by atoms with Gasteiger partial charge in [0.1, 0.15) is 0 Å². The van der Waals surface area contributed by atoms with Gasteiger partial charge in [0, 0.05) is 19.7 Å². The minimum Gasteiger partial charge on any atom is -0.408 e. The maximum atomic E-state index is 13.2. The first kappa shape index (κ1) is 17.3. The highest BCUT2D eigenvalue weighted by Crippen LogP contribution is 2.26. The van der Waals surface area contributed by atoms with Gasteiger partial charge in [-0.15, -0.1) is 0 Å². The lowest BCUT2D eigenvalue weighted by Crippen LogP contribution is -2.32.